The van der Waals surface area contributed by atoms with Crippen LogP contribution in [0.5, 0.6) is 0 Å². The molecule has 0 saturated carbocycles. The fourth-order valence-electron chi connectivity index (χ4n) is 1.80. The number of carbonyl (C=O) groups is 1. The number of aromatic nitrogens is 6. The van der Waals surface area contributed by atoms with E-state index in [0.717, 1.165) is 5.82 Å². The van der Waals surface area contributed by atoms with Gasteiger partial charge in [-0.25, -0.2) is 15.0 Å². The van der Waals surface area contributed by atoms with Crippen molar-refractivity contribution >= 4 is 11.6 Å². The average molecular weight is 283 g/mol. The largest absolute Gasteiger partial charge is 0.325 e. The third-order valence-corrected chi connectivity index (χ3v) is 2.84. The summed E-state index contributed by atoms with van der Waals surface area (Å²) in [7, 11) is 0. The number of anilines is 1. The van der Waals surface area contributed by atoms with Crippen LogP contribution in [0.25, 0.3) is 5.82 Å². The minimum Gasteiger partial charge on any atom is -0.325 e. The molecular formula is C13H13N7O. The van der Waals surface area contributed by atoms with Crippen LogP contribution in [0, 0.1) is 0 Å². The van der Waals surface area contributed by atoms with Crippen molar-refractivity contribution in [3.05, 3.63) is 49.7 Å². The highest BCUT2D eigenvalue weighted by Gasteiger charge is 2.04. The number of imidazole rings is 1. The van der Waals surface area contributed by atoms with E-state index in [1.165, 1.54) is 6.33 Å². The first-order valence-corrected chi connectivity index (χ1v) is 6.38. The normalized spacial score (nSPS) is 10.5. The van der Waals surface area contributed by atoms with Crippen LogP contribution < -0.4 is 5.32 Å². The van der Waals surface area contributed by atoms with Crippen LogP contribution in [0.15, 0.2) is 49.7 Å². The van der Waals surface area contributed by atoms with Gasteiger partial charge in [0.15, 0.2) is 0 Å². The number of pyridine rings is 1. The van der Waals surface area contributed by atoms with Crippen LogP contribution in [0.2, 0.25) is 0 Å². The summed E-state index contributed by atoms with van der Waals surface area (Å²) in [4.78, 5) is 23.8. The number of aryl methyl sites for hydroxylation is 1. The van der Waals surface area contributed by atoms with E-state index in [-0.39, 0.29) is 5.91 Å². The van der Waals surface area contributed by atoms with Crippen molar-refractivity contribution in [1.82, 2.24) is 29.3 Å². The Morgan fingerprint density at radius 1 is 1.24 bits per heavy atom. The molecule has 106 valence electrons. The quantitative estimate of drug-likeness (QED) is 0.751. The van der Waals surface area contributed by atoms with Gasteiger partial charge in [0.05, 0.1) is 18.4 Å². The second-order valence-corrected chi connectivity index (χ2v) is 4.33. The highest BCUT2D eigenvalue weighted by molar-refractivity contribution is 5.90. The van der Waals surface area contributed by atoms with Crippen LogP contribution >= 0.6 is 0 Å². The van der Waals surface area contributed by atoms with Gasteiger partial charge in [-0.1, -0.05) is 0 Å². The molecule has 0 aromatic carbocycles. The highest BCUT2D eigenvalue weighted by atomic mass is 16.1. The Balaban J connectivity index is 1.56. The monoisotopic (exact) mass is 283 g/mol. The molecule has 0 aliphatic rings. The van der Waals surface area contributed by atoms with E-state index in [1.54, 1.807) is 46.6 Å². The Hall–Kier alpha value is -3.03. The molecule has 8 nitrogen and oxygen atoms in total. The molecule has 21 heavy (non-hydrogen) atoms. The predicted octanol–water partition coefficient (Wildman–Crippen LogP) is 0.888. The molecule has 0 bridgehead atoms. The molecule has 3 aromatic rings. The minimum absolute atomic E-state index is 0.0947. The van der Waals surface area contributed by atoms with Crippen molar-refractivity contribution in [3.8, 4) is 5.82 Å². The number of hydrogen-bond acceptors (Lipinski definition) is 5. The maximum absolute atomic E-state index is 11.8. The lowest BCUT2D eigenvalue weighted by molar-refractivity contribution is -0.116. The fourth-order valence-corrected chi connectivity index (χ4v) is 1.80. The predicted molar refractivity (Wildman–Crippen MR) is 74.6 cm³/mol. The molecule has 0 saturated heterocycles. The van der Waals surface area contributed by atoms with Gasteiger partial charge < -0.3 is 5.32 Å². The second kappa shape index (κ2) is 5.95. The van der Waals surface area contributed by atoms with Crippen molar-refractivity contribution < 1.29 is 4.79 Å². The maximum atomic E-state index is 11.8. The van der Waals surface area contributed by atoms with Crippen molar-refractivity contribution in [3.63, 3.8) is 0 Å². The smallest absolute Gasteiger partial charge is 0.226 e. The Bertz CT molecular complexity index is 689. The molecular weight excluding hydrogens is 270 g/mol. The van der Waals surface area contributed by atoms with E-state index in [2.05, 4.69) is 25.4 Å². The van der Waals surface area contributed by atoms with Gasteiger partial charge in [0.1, 0.15) is 24.8 Å². The summed E-state index contributed by atoms with van der Waals surface area (Å²) in [6.45, 7) is 0.492. The summed E-state index contributed by atoms with van der Waals surface area (Å²) >= 11 is 0. The first-order chi connectivity index (χ1) is 10.3. The maximum Gasteiger partial charge on any atom is 0.226 e. The number of nitrogens with one attached hydrogen (secondary N) is 1. The van der Waals surface area contributed by atoms with Crippen LogP contribution in [-0.2, 0) is 11.3 Å². The van der Waals surface area contributed by atoms with E-state index in [0.29, 0.717) is 18.7 Å². The minimum atomic E-state index is -0.0947. The topological polar surface area (TPSA) is 90.5 Å². The summed E-state index contributed by atoms with van der Waals surface area (Å²) in [5, 5.41) is 6.73. The summed E-state index contributed by atoms with van der Waals surface area (Å²) < 4.78 is 3.40. The van der Waals surface area contributed by atoms with Crippen LogP contribution in [-0.4, -0.2) is 35.2 Å². The summed E-state index contributed by atoms with van der Waals surface area (Å²) in [5.74, 6) is 0.649. The van der Waals surface area contributed by atoms with Crippen molar-refractivity contribution in [1.29, 1.82) is 0 Å². The van der Waals surface area contributed by atoms with E-state index >= 15 is 0 Å². The lowest BCUT2D eigenvalue weighted by atomic mass is 10.3. The highest BCUT2D eigenvalue weighted by Crippen LogP contribution is 2.09. The van der Waals surface area contributed by atoms with Gasteiger partial charge in [-0.2, -0.15) is 5.10 Å². The van der Waals surface area contributed by atoms with E-state index in [9.17, 15) is 4.79 Å². The zero-order chi connectivity index (χ0) is 14.5. The molecule has 3 rings (SSSR count). The average Bonchev–Trinajstić information content (AvgIpc) is 3.19. The first kappa shape index (κ1) is 13.0. The third-order valence-electron chi connectivity index (χ3n) is 2.84. The molecule has 0 aliphatic heterocycles. The summed E-state index contributed by atoms with van der Waals surface area (Å²) in [5.41, 5.74) is 0.655. The van der Waals surface area contributed by atoms with Gasteiger partial charge in [-0.15, -0.1) is 0 Å². The SMILES string of the molecule is O=C(CCn1cncn1)Nc1ccc(-n2ccnc2)nc1. The molecule has 0 aliphatic carbocycles. The third kappa shape index (κ3) is 3.30. The van der Waals surface area contributed by atoms with Gasteiger partial charge in [-0.3, -0.25) is 14.0 Å². The van der Waals surface area contributed by atoms with E-state index in [4.69, 9.17) is 0 Å². The fraction of sp³-hybridized carbons (Fsp3) is 0.154. The number of hydrogen-bond donors (Lipinski definition) is 1. The molecule has 3 aromatic heterocycles. The molecule has 8 heteroatoms. The standard InChI is InChI=1S/C13H13N7O/c21-13(3-5-20-10-15-8-17-20)18-11-1-2-12(16-7-11)19-6-4-14-9-19/h1-2,4,6-10H,3,5H2,(H,18,21). The zero-order valence-corrected chi connectivity index (χ0v) is 11.1. The lowest BCUT2D eigenvalue weighted by Crippen LogP contribution is -2.15. The van der Waals surface area contributed by atoms with Gasteiger partial charge in [0, 0.05) is 18.8 Å². The van der Waals surface area contributed by atoms with Crippen LogP contribution in [0.1, 0.15) is 6.42 Å². The van der Waals surface area contributed by atoms with E-state index in [1.807, 2.05) is 6.07 Å². The molecule has 3 heterocycles. The van der Waals surface area contributed by atoms with E-state index < -0.39 is 0 Å². The second-order valence-electron chi connectivity index (χ2n) is 4.33. The van der Waals surface area contributed by atoms with Crippen molar-refractivity contribution in [2.24, 2.45) is 0 Å². The van der Waals surface area contributed by atoms with Gasteiger partial charge in [0.2, 0.25) is 5.91 Å². The molecule has 1 amide bonds. The Labute approximate surface area is 120 Å². The molecule has 0 atom stereocenters. The molecule has 0 radical (unpaired) electrons. The van der Waals surface area contributed by atoms with Crippen molar-refractivity contribution in [2.75, 3.05) is 5.32 Å². The number of nitrogens with zero attached hydrogens (tertiary/aromatic N) is 6. The first-order valence-electron chi connectivity index (χ1n) is 6.38. The Morgan fingerprint density at radius 2 is 2.19 bits per heavy atom. The van der Waals surface area contributed by atoms with Gasteiger partial charge in [-0.05, 0) is 12.1 Å². The number of rotatable bonds is 5. The number of carbonyl (C=O) groups excluding carboxylic acids is 1. The Morgan fingerprint density at radius 3 is 2.86 bits per heavy atom. The Kier molecular flexibility index (Phi) is 3.68. The molecule has 1 N–H and O–H groups in total. The number of amides is 1. The lowest BCUT2D eigenvalue weighted by Gasteiger charge is -2.06. The summed E-state index contributed by atoms with van der Waals surface area (Å²) in [6.07, 6.45) is 10.1. The molecule has 0 unspecified atom stereocenters. The molecule has 0 fully saturated rings. The van der Waals surface area contributed by atoms with Crippen LogP contribution in [0.4, 0.5) is 5.69 Å². The molecule has 0 spiro atoms. The summed E-state index contributed by atoms with van der Waals surface area (Å²) in [6, 6.07) is 3.62. The van der Waals surface area contributed by atoms with Crippen molar-refractivity contribution in [2.45, 2.75) is 13.0 Å². The van der Waals surface area contributed by atoms with Crippen LogP contribution in [0.3, 0.4) is 0 Å². The van der Waals surface area contributed by atoms with Gasteiger partial charge >= 0.3 is 0 Å². The van der Waals surface area contributed by atoms with Gasteiger partial charge in [0.25, 0.3) is 0 Å². The zero-order valence-electron chi connectivity index (χ0n) is 11.1.